The number of carbonyl (C=O) groups is 1. The molecule has 1 aromatic carbocycles. The van der Waals surface area contributed by atoms with Crippen LogP contribution in [-0.4, -0.2) is 10.9 Å². The maximum absolute atomic E-state index is 12.0. The number of anilines is 1. The predicted molar refractivity (Wildman–Crippen MR) is 92.2 cm³/mol. The van der Waals surface area contributed by atoms with E-state index in [1.54, 1.807) is 0 Å². The number of benzene rings is 1. The Hall–Kier alpha value is -2.05. The van der Waals surface area contributed by atoms with Crippen molar-refractivity contribution in [1.82, 2.24) is 4.98 Å². The average Bonchev–Trinajstić information content (AvgIpc) is 3.04. The molecule has 0 atom stereocenters. The van der Waals surface area contributed by atoms with Gasteiger partial charge in [-0.1, -0.05) is 30.3 Å². The summed E-state index contributed by atoms with van der Waals surface area (Å²) in [5, 5.41) is 5.47. The predicted octanol–water partition coefficient (Wildman–Crippen LogP) is 0.439. The van der Waals surface area contributed by atoms with Crippen molar-refractivity contribution in [3.8, 4) is 11.3 Å². The van der Waals surface area contributed by atoms with Crippen molar-refractivity contribution in [2.75, 3.05) is 5.32 Å². The fraction of sp³-hybridized carbons (Fsp3) is 0.167. The number of aromatic nitrogens is 2. The monoisotopic (exact) mass is 403 g/mol. The van der Waals surface area contributed by atoms with E-state index in [0.717, 1.165) is 11.3 Å². The zero-order valence-corrected chi connectivity index (χ0v) is 15.7. The molecule has 124 valence electrons. The van der Waals surface area contributed by atoms with Crippen LogP contribution in [0.15, 0.2) is 60.2 Å². The molecular formula is C18H18BrN3OS. The number of hydrogen-bond acceptors (Lipinski definition) is 3. The van der Waals surface area contributed by atoms with Crippen LogP contribution in [0, 0.1) is 6.92 Å². The van der Waals surface area contributed by atoms with E-state index in [0.29, 0.717) is 18.1 Å². The van der Waals surface area contributed by atoms with Gasteiger partial charge in [0.2, 0.25) is 5.91 Å². The molecule has 1 N–H and O–H groups in total. The SMILES string of the molecule is Cc1cc[n+](CCC(=O)Nc2nc(-c3ccccc3)cs2)cc1.[Br-]. The van der Waals surface area contributed by atoms with E-state index in [1.165, 1.54) is 16.9 Å². The van der Waals surface area contributed by atoms with E-state index in [9.17, 15) is 4.79 Å². The van der Waals surface area contributed by atoms with Gasteiger partial charge in [-0.2, -0.15) is 0 Å². The molecule has 0 radical (unpaired) electrons. The Bertz CT molecular complexity index is 788. The lowest BCUT2D eigenvalue weighted by molar-refractivity contribution is -0.695. The molecule has 4 nitrogen and oxygen atoms in total. The van der Waals surface area contributed by atoms with Gasteiger partial charge in [-0.05, 0) is 12.5 Å². The van der Waals surface area contributed by atoms with Gasteiger partial charge in [0.25, 0.3) is 0 Å². The summed E-state index contributed by atoms with van der Waals surface area (Å²) in [6, 6.07) is 14.0. The fourth-order valence-electron chi connectivity index (χ4n) is 2.17. The van der Waals surface area contributed by atoms with Crippen LogP contribution in [0.25, 0.3) is 11.3 Å². The van der Waals surface area contributed by atoms with Crippen LogP contribution in [0.2, 0.25) is 0 Å². The Morgan fingerprint density at radius 1 is 1.17 bits per heavy atom. The number of carbonyl (C=O) groups excluding carboxylic acids is 1. The highest BCUT2D eigenvalue weighted by Gasteiger charge is 2.10. The van der Waals surface area contributed by atoms with Crippen LogP contribution >= 0.6 is 11.3 Å². The molecular weight excluding hydrogens is 386 g/mol. The molecule has 24 heavy (non-hydrogen) atoms. The minimum Gasteiger partial charge on any atom is -1.00 e. The third-order valence-electron chi connectivity index (χ3n) is 3.47. The van der Waals surface area contributed by atoms with Crippen molar-refractivity contribution in [1.29, 1.82) is 0 Å². The van der Waals surface area contributed by atoms with Crippen LogP contribution in [0.3, 0.4) is 0 Å². The first kappa shape index (κ1) is 18.3. The van der Waals surface area contributed by atoms with E-state index in [1.807, 2.05) is 71.7 Å². The van der Waals surface area contributed by atoms with Gasteiger partial charge in [0.1, 0.15) is 0 Å². The van der Waals surface area contributed by atoms with Gasteiger partial charge in [0.15, 0.2) is 24.1 Å². The van der Waals surface area contributed by atoms with Crippen molar-refractivity contribution in [2.24, 2.45) is 0 Å². The van der Waals surface area contributed by atoms with Crippen LogP contribution in [0.5, 0.6) is 0 Å². The molecule has 0 spiro atoms. The largest absolute Gasteiger partial charge is 1.00 e. The number of amides is 1. The lowest BCUT2D eigenvalue weighted by atomic mass is 10.2. The molecule has 0 saturated heterocycles. The summed E-state index contributed by atoms with van der Waals surface area (Å²) in [6.07, 6.45) is 4.40. The number of halogens is 1. The van der Waals surface area contributed by atoms with Gasteiger partial charge in [-0.3, -0.25) is 4.79 Å². The first-order chi connectivity index (χ1) is 11.2. The maximum atomic E-state index is 12.0. The van der Waals surface area contributed by atoms with Crippen molar-refractivity contribution in [3.05, 3.63) is 65.8 Å². The molecule has 0 bridgehead atoms. The lowest BCUT2D eigenvalue weighted by Crippen LogP contribution is -3.00. The fourth-order valence-corrected chi connectivity index (χ4v) is 2.90. The average molecular weight is 404 g/mol. The Labute approximate surface area is 156 Å². The summed E-state index contributed by atoms with van der Waals surface area (Å²) < 4.78 is 2.00. The van der Waals surface area contributed by atoms with E-state index < -0.39 is 0 Å². The summed E-state index contributed by atoms with van der Waals surface area (Å²) in [7, 11) is 0. The van der Waals surface area contributed by atoms with Gasteiger partial charge in [-0.25, -0.2) is 9.55 Å². The molecule has 1 amide bonds. The Balaban J connectivity index is 0.00000208. The first-order valence-electron chi connectivity index (χ1n) is 7.47. The second-order valence-electron chi connectivity index (χ2n) is 5.32. The number of hydrogen-bond donors (Lipinski definition) is 1. The molecule has 0 aliphatic carbocycles. The summed E-state index contributed by atoms with van der Waals surface area (Å²) in [5.41, 5.74) is 3.15. The third kappa shape index (κ3) is 4.97. The van der Waals surface area contributed by atoms with Crippen LogP contribution in [0.4, 0.5) is 5.13 Å². The molecule has 3 rings (SSSR count). The van der Waals surface area contributed by atoms with Crippen molar-refractivity contribution >= 4 is 22.4 Å². The van der Waals surface area contributed by atoms with Gasteiger partial charge >= 0.3 is 0 Å². The Morgan fingerprint density at radius 2 is 1.88 bits per heavy atom. The van der Waals surface area contributed by atoms with Crippen LogP contribution in [-0.2, 0) is 11.3 Å². The highest BCUT2D eigenvalue weighted by atomic mass is 79.9. The molecule has 0 fully saturated rings. The standard InChI is InChI=1S/C18H17N3OS.BrH/c1-14-7-10-21(11-8-14)12-9-17(22)20-18-19-16(13-23-18)15-5-3-2-4-6-15;/h2-8,10-11,13H,9,12H2,1H3;1H. The number of nitrogens with zero attached hydrogens (tertiary/aromatic N) is 2. The quantitative estimate of drug-likeness (QED) is 0.628. The maximum Gasteiger partial charge on any atom is 0.232 e. The minimum atomic E-state index is -0.0213. The van der Waals surface area contributed by atoms with Crippen molar-refractivity contribution in [3.63, 3.8) is 0 Å². The minimum absolute atomic E-state index is 0. The first-order valence-corrected chi connectivity index (χ1v) is 8.35. The van der Waals surface area contributed by atoms with E-state index in [2.05, 4.69) is 10.3 Å². The zero-order chi connectivity index (χ0) is 16.1. The van der Waals surface area contributed by atoms with E-state index in [4.69, 9.17) is 0 Å². The molecule has 2 heterocycles. The van der Waals surface area contributed by atoms with Gasteiger partial charge in [0.05, 0.1) is 12.1 Å². The lowest BCUT2D eigenvalue weighted by Gasteiger charge is -2.00. The highest BCUT2D eigenvalue weighted by Crippen LogP contribution is 2.24. The number of pyridine rings is 1. The molecule has 0 unspecified atom stereocenters. The molecule has 6 heteroatoms. The number of nitrogens with one attached hydrogen (secondary N) is 1. The summed E-state index contributed by atoms with van der Waals surface area (Å²) in [5.74, 6) is -0.0213. The number of thiazole rings is 1. The molecule has 3 aromatic rings. The molecule has 2 aromatic heterocycles. The second kappa shape index (κ2) is 8.70. The van der Waals surface area contributed by atoms with E-state index >= 15 is 0 Å². The summed E-state index contributed by atoms with van der Waals surface area (Å²) in [4.78, 5) is 16.5. The summed E-state index contributed by atoms with van der Waals surface area (Å²) in [6.45, 7) is 2.70. The molecule has 0 aliphatic rings. The Morgan fingerprint density at radius 3 is 2.58 bits per heavy atom. The van der Waals surface area contributed by atoms with Crippen molar-refractivity contribution in [2.45, 2.75) is 19.9 Å². The van der Waals surface area contributed by atoms with E-state index in [-0.39, 0.29) is 22.9 Å². The molecule has 0 aliphatic heterocycles. The van der Waals surface area contributed by atoms with Gasteiger partial charge < -0.3 is 22.3 Å². The van der Waals surface area contributed by atoms with Gasteiger partial charge in [0, 0.05) is 23.1 Å². The second-order valence-corrected chi connectivity index (χ2v) is 6.17. The number of aryl methyl sites for hydroxylation is 2. The Kier molecular flexibility index (Phi) is 6.63. The number of rotatable bonds is 5. The van der Waals surface area contributed by atoms with Crippen LogP contribution in [0.1, 0.15) is 12.0 Å². The van der Waals surface area contributed by atoms with Gasteiger partial charge in [-0.15, -0.1) is 11.3 Å². The van der Waals surface area contributed by atoms with Crippen LogP contribution < -0.4 is 26.9 Å². The third-order valence-corrected chi connectivity index (χ3v) is 4.23. The normalized spacial score (nSPS) is 10.0. The smallest absolute Gasteiger partial charge is 0.232 e. The molecule has 0 saturated carbocycles. The zero-order valence-electron chi connectivity index (χ0n) is 13.3. The topological polar surface area (TPSA) is 45.9 Å². The summed E-state index contributed by atoms with van der Waals surface area (Å²) >= 11 is 1.45. The van der Waals surface area contributed by atoms with Crippen molar-refractivity contribution < 1.29 is 26.3 Å². The highest BCUT2D eigenvalue weighted by molar-refractivity contribution is 7.14.